The Morgan fingerprint density at radius 3 is 3.19 bits per heavy atom. The number of carboxylic acid groups (broad SMARTS) is 1. The van der Waals surface area contributed by atoms with Gasteiger partial charge in [-0.25, -0.2) is 4.98 Å². The van der Waals surface area contributed by atoms with Crippen molar-refractivity contribution in [2.45, 2.75) is 19.0 Å². The third-order valence-electron chi connectivity index (χ3n) is 3.67. The Labute approximate surface area is 126 Å². The van der Waals surface area contributed by atoms with Crippen LogP contribution < -0.4 is 0 Å². The van der Waals surface area contributed by atoms with Crippen LogP contribution in [-0.2, 0) is 17.8 Å². The summed E-state index contributed by atoms with van der Waals surface area (Å²) in [5.74, 6) is -0.850. The van der Waals surface area contributed by atoms with Gasteiger partial charge in [-0.15, -0.1) is 11.3 Å². The zero-order valence-electron chi connectivity index (χ0n) is 11.2. The van der Waals surface area contributed by atoms with Crippen LogP contribution in [0.25, 0.3) is 0 Å². The molecule has 5 nitrogen and oxygen atoms in total. The van der Waals surface area contributed by atoms with Gasteiger partial charge in [0.2, 0.25) is 0 Å². The first kappa shape index (κ1) is 13.7. The Morgan fingerprint density at radius 2 is 2.43 bits per heavy atom. The van der Waals surface area contributed by atoms with Gasteiger partial charge in [-0.3, -0.25) is 9.69 Å². The summed E-state index contributed by atoms with van der Waals surface area (Å²) in [5.41, 5.74) is 2.00. The molecule has 0 saturated heterocycles. The molecule has 21 heavy (non-hydrogen) atoms. The molecule has 1 unspecified atom stereocenters. The van der Waals surface area contributed by atoms with Crippen LogP contribution in [0.5, 0.6) is 0 Å². The zero-order chi connectivity index (χ0) is 14.8. The van der Waals surface area contributed by atoms with Gasteiger partial charge in [-0.05, 0) is 29.5 Å². The molecule has 3 heterocycles. The summed E-state index contributed by atoms with van der Waals surface area (Å²) in [7, 11) is 0. The van der Waals surface area contributed by atoms with E-state index in [4.69, 9.17) is 5.26 Å². The number of aliphatic carboxylic acids is 1. The van der Waals surface area contributed by atoms with Gasteiger partial charge in [0.15, 0.2) is 0 Å². The molecule has 0 radical (unpaired) electrons. The van der Waals surface area contributed by atoms with Crippen molar-refractivity contribution in [3.8, 4) is 6.07 Å². The molecule has 0 fully saturated rings. The first-order chi connectivity index (χ1) is 10.2. The fourth-order valence-electron chi connectivity index (χ4n) is 2.71. The average molecular weight is 299 g/mol. The standard InChI is InChI=1S/C15H13N3O2S/c16-8-12-10(2-1-5-17-12)9-18-6-3-13-11(4-7-21-13)14(18)15(19)20/h1-2,4-5,7,14H,3,6,9H2,(H,19,20). The third kappa shape index (κ3) is 2.53. The van der Waals surface area contributed by atoms with Gasteiger partial charge in [-0.1, -0.05) is 6.07 Å². The Balaban J connectivity index is 1.92. The summed E-state index contributed by atoms with van der Waals surface area (Å²) in [4.78, 5) is 18.7. The molecule has 2 aromatic heterocycles. The minimum atomic E-state index is -0.850. The smallest absolute Gasteiger partial charge is 0.325 e. The van der Waals surface area contributed by atoms with Crippen molar-refractivity contribution in [3.05, 3.63) is 51.5 Å². The maximum absolute atomic E-state index is 11.7. The summed E-state index contributed by atoms with van der Waals surface area (Å²) in [6.07, 6.45) is 2.42. The van der Waals surface area contributed by atoms with Crippen LogP contribution in [0.1, 0.15) is 27.7 Å². The minimum absolute atomic E-state index is 0.359. The first-order valence-electron chi connectivity index (χ1n) is 6.58. The number of carboxylic acids is 1. The number of hydrogen-bond acceptors (Lipinski definition) is 5. The van der Waals surface area contributed by atoms with Gasteiger partial charge in [0, 0.05) is 29.7 Å². The average Bonchev–Trinajstić information content (AvgIpc) is 2.95. The molecule has 0 amide bonds. The van der Waals surface area contributed by atoms with Crippen LogP contribution in [-0.4, -0.2) is 27.5 Å². The molecule has 1 aliphatic heterocycles. The number of hydrogen-bond donors (Lipinski definition) is 1. The van der Waals surface area contributed by atoms with Gasteiger partial charge in [0.05, 0.1) is 0 Å². The lowest BCUT2D eigenvalue weighted by atomic mass is 9.99. The fourth-order valence-corrected chi connectivity index (χ4v) is 3.62. The largest absolute Gasteiger partial charge is 0.480 e. The molecule has 0 spiro atoms. The highest BCUT2D eigenvalue weighted by molar-refractivity contribution is 7.10. The Morgan fingerprint density at radius 1 is 1.57 bits per heavy atom. The molecule has 1 atom stereocenters. The highest BCUT2D eigenvalue weighted by Crippen LogP contribution is 2.34. The van der Waals surface area contributed by atoms with E-state index in [9.17, 15) is 9.90 Å². The SMILES string of the molecule is N#Cc1ncccc1CN1CCc2sccc2C1C(=O)O. The van der Waals surface area contributed by atoms with Crippen molar-refractivity contribution < 1.29 is 9.90 Å². The van der Waals surface area contributed by atoms with E-state index >= 15 is 0 Å². The van der Waals surface area contributed by atoms with Crippen molar-refractivity contribution in [1.82, 2.24) is 9.88 Å². The Hall–Kier alpha value is -2.23. The predicted molar refractivity (Wildman–Crippen MR) is 77.8 cm³/mol. The number of carbonyl (C=O) groups is 1. The topological polar surface area (TPSA) is 77.2 Å². The van der Waals surface area contributed by atoms with Gasteiger partial charge in [-0.2, -0.15) is 5.26 Å². The van der Waals surface area contributed by atoms with Crippen LogP contribution in [0, 0.1) is 11.3 Å². The molecule has 1 N–H and O–H groups in total. The molecule has 0 aromatic carbocycles. The third-order valence-corrected chi connectivity index (χ3v) is 4.67. The Bertz CT molecular complexity index is 720. The predicted octanol–water partition coefficient (Wildman–Crippen LogP) is 2.20. The summed E-state index contributed by atoms with van der Waals surface area (Å²) in [5, 5.41) is 20.6. The van der Waals surface area contributed by atoms with E-state index in [1.807, 2.05) is 22.4 Å². The molecule has 2 aromatic rings. The van der Waals surface area contributed by atoms with Crippen LogP contribution >= 0.6 is 11.3 Å². The van der Waals surface area contributed by atoms with E-state index in [0.29, 0.717) is 18.8 Å². The number of rotatable bonds is 3. The van der Waals surface area contributed by atoms with Crippen LogP contribution in [0.4, 0.5) is 0 Å². The summed E-state index contributed by atoms with van der Waals surface area (Å²) in [6.45, 7) is 1.09. The molecule has 106 valence electrons. The molecular formula is C15H13N3O2S. The van der Waals surface area contributed by atoms with E-state index in [1.165, 1.54) is 0 Å². The molecule has 6 heteroatoms. The van der Waals surface area contributed by atoms with Gasteiger partial charge in [0.25, 0.3) is 0 Å². The molecule has 0 aliphatic carbocycles. The van der Waals surface area contributed by atoms with E-state index in [1.54, 1.807) is 23.6 Å². The second-order valence-corrected chi connectivity index (χ2v) is 5.88. The molecule has 0 saturated carbocycles. The normalized spacial score (nSPS) is 18.0. The minimum Gasteiger partial charge on any atom is -0.480 e. The number of pyridine rings is 1. The second-order valence-electron chi connectivity index (χ2n) is 4.88. The molecule has 1 aliphatic rings. The van der Waals surface area contributed by atoms with Crippen molar-refractivity contribution in [1.29, 1.82) is 5.26 Å². The van der Waals surface area contributed by atoms with E-state index in [2.05, 4.69) is 11.1 Å². The maximum Gasteiger partial charge on any atom is 0.325 e. The van der Waals surface area contributed by atoms with Gasteiger partial charge < -0.3 is 5.11 Å². The van der Waals surface area contributed by atoms with Crippen molar-refractivity contribution >= 4 is 17.3 Å². The summed E-state index contributed by atoms with van der Waals surface area (Å²) < 4.78 is 0. The lowest BCUT2D eigenvalue weighted by Gasteiger charge is -2.33. The van der Waals surface area contributed by atoms with E-state index in [-0.39, 0.29) is 0 Å². The number of fused-ring (bicyclic) bond motifs is 1. The monoisotopic (exact) mass is 299 g/mol. The fraction of sp³-hybridized carbons (Fsp3) is 0.267. The van der Waals surface area contributed by atoms with E-state index < -0.39 is 12.0 Å². The van der Waals surface area contributed by atoms with Crippen LogP contribution in [0.15, 0.2) is 29.8 Å². The number of aromatic nitrogens is 1. The van der Waals surface area contributed by atoms with Crippen molar-refractivity contribution in [3.63, 3.8) is 0 Å². The van der Waals surface area contributed by atoms with E-state index in [0.717, 1.165) is 22.4 Å². The summed E-state index contributed by atoms with van der Waals surface area (Å²) in [6, 6.07) is 6.90. The quantitative estimate of drug-likeness (QED) is 0.940. The van der Waals surface area contributed by atoms with Gasteiger partial charge in [0.1, 0.15) is 17.8 Å². The number of nitriles is 1. The van der Waals surface area contributed by atoms with Crippen molar-refractivity contribution in [2.24, 2.45) is 0 Å². The summed E-state index contributed by atoms with van der Waals surface area (Å²) >= 11 is 1.61. The van der Waals surface area contributed by atoms with Crippen molar-refractivity contribution in [2.75, 3.05) is 6.54 Å². The Kier molecular flexibility index (Phi) is 3.69. The number of thiophene rings is 1. The lowest BCUT2D eigenvalue weighted by molar-refractivity contribution is -0.144. The maximum atomic E-state index is 11.7. The van der Waals surface area contributed by atoms with Crippen LogP contribution in [0.2, 0.25) is 0 Å². The zero-order valence-corrected chi connectivity index (χ0v) is 12.0. The molecule has 0 bridgehead atoms. The molecular weight excluding hydrogens is 286 g/mol. The number of nitrogens with zero attached hydrogens (tertiary/aromatic N) is 3. The second kappa shape index (κ2) is 5.64. The highest BCUT2D eigenvalue weighted by atomic mass is 32.1. The lowest BCUT2D eigenvalue weighted by Crippen LogP contribution is -2.38. The van der Waals surface area contributed by atoms with Crippen LogP contribution in [0.3, 0.4) is 0 Å². The highest BCUT2D eigenvalue weighted by Gasteiger charge is 2.33. The molecule has 3 rings (SSSR count). The first-order valence-corrected chi connectivity index (χ1v) is 7.46. The van der Waals surface area contributed by atoms with Gasteiger partial charge >= 0.3 is 5.97 Å².